The van der Waals surface area contributed by atoms with E-state index in [9.17, 15) is 4.79 Å². The van der Waals surface area contributed by atoms with Crippen LogP contribution >= 0.6 is 0 Å². The number of rotatable bonds is 2. The summed E-state index contributed by atoms with van der Waals surface area (Å²) in [6, 6.07) is 15.8. The zero-order valence-electron chi connectivity index (χ0n) is 11.8. The minimum Gasteiger partial charge on any atom is -0.295 e. The average Bonchev–Trinajstić information content (AvgIpc) is 2.41. The maximum atomic E-state index is 10.8. The second-order valence-corrected chi connectivity index (χ2v) is 4.54. The molecule has 0 saturated heterocycles. The number of benzene rings is 2. The second kappa shape index (κ2) is 7.32. The summed E-state index contributed by atoms with van der Waals surface area (Å²) in [5.41, 5.74) is 4.44. The molecule has 2 aromatic rings. The molecule has 0 saturated carbocycles. The summed E-state index contributed by atoms with van der Waals surface area (Å²) < 4.78 is 0. The number of aryl methyl sites for hydroxylation is 2. The molecule has 0 aliphatic heterocycles. The predicted octanol–water partition coefficient (Wildman–Crippen LogP) is 4.84. The Labute approximate surface area is 115 Å². The van der Waals surface area contributed by atoms with Gasteiger partial charge in [-0.25, -0.2) is 0 Å². The molecule has 0 aliphatic carbocycles. The molecule has 19 heavy (non-hydrogen) atoms. The third-order valence-electron chi connectivity index (χ3n) is 2.77. The van der Waals surface area contributed by atoms with E-state index >= 15 is 0 Å². The van der Waals surface area contributed by atoms with E-state index in [0.717, 1.165) is 5.56 Å². The highest BCUT2D eigenvalue weighted by Gasteiger charge is 1.95. The van der Waals surface area contributed by atoms with Crippen LogP contribution in [0.2, 0.25) is 0 Å². The quantitative estimate of drug-likeness (QED) is 0.699. The van der Waals surface area contributed by atoms with Crippen molar-refractivity contribution >= 4 is 11.9 Å². The summed E-state index contributed by atoms with van der Waals surface area (Å²) >= 11 is 0. The first-order valence-corrected chi connectivity index (χ1v) is 6.29. The summed E-state index contributed by atoms with van der Waals surface area (Å²) in [5, 5.41) is 0. The number of hydrogen-bond donors (Lipinski definition) is 0. The van der Waals surface area contributed by atoms with Crippen LogP contribution < -0.4 is 0 Å². The van der Waals surface area contributed by atoms with Gasteiger partial charge in [0.2, 0.25) is 0 Å². The largest absolute Gasteiger partial charge is 0.295 e. The van der Waals surface area contributed by atoms with Gasteiger partial charge in [0.25, 0.3) is 0 Å². The van der Waals surface area contributed by atoms with Crippen molar-refractivity contribution in [2.75, 3.05) is 0 Å². The van der Waals surface area contributed by atoms with Gasteiger partial charge in [-0.3, -0.25) is 4.79 Å². The Bertz CT molecular complexity index is 533. The van der Waals surface area contributed by atoms with E-state index in [2.05, 4.69) is 37.8 Å². The van der Waals surface area contributed by atoms with E-state index in [4.69, 9.17) is 0 Å². The number of Topliss-reactive ketones (excluding diaryl/α,β-unsaturated/α-hetero) is 1. The topological polar surface area (TPSA) is 17.1 Å². The number of carbonyl (C=O) groups excluding carboxylic acids is 1. The molecular weight excluding hydrogens is 232 g/mol. The molecule has 1 nitrogen and oxygen atoms in total. The van der Waals surface area contributed by atoms with E-state index < -0.39 is 0 Å². The molecule has 2 aromatic carbocycles. The van der Waals surface area contributed by atoms with Crippen molar-refractivity contribution < 1.29 is 4.79 Å². The predicted molar refractivity (Wildman–Crippen MR) is 82.5 cm³/mol. The third-order valence-corrected chi connectivity index (χ3v) is 2.77. The molecule has 0 bridgehead atoms. The first kappa shape index (κ1) is 14.9. The summed E-state index contributed by atoms with van der Waals surface area (Å²) in [5.74, 6) is 0.125. The van der Waals surface area contributed by atoms with Gasteiger partial charge in [-0.05, 0) is 26.3 Å². The first-order chi connectivity index (χ1) is 9.02. The highest BCUT2D eigenvalue weighted by molar-refractivity contribution is 5.93. The van der Waals surface area contributed by atoms with Crippen LogP contribution in [0.25, 0.3) is 6.08 Å². The van der Waals surface area contributed by atoms with Crippen molar-refractivity contribution in [2.45, 2.75) is 20.8 Å². The molecule has 0 amide bonds. The monoisotopic (exact) mass is 252 g/mol. The molecule has 0 aromatic heterocycles. The average molecular weight is 252 g/mol. The van der Waals surface area contributed by atoms with Gasteiger partial charge < -0.3 is 0 Å². The van der Waals surface area contributed by atoms with Gasteiger partial charge in [0.1, 0.15) is 0 Å². The van der Waals surface area contributed by atoms with Gasteiger partial charge in [-0.15, -0.1) is 0 Å². The van der Waals surface area contributed by atoms with Crippen molar-refractivity contribution in [1.29, 1.82) is 0 Å². The van der Waals surface area contributed by atoms with Gasteiger partial charge in [0.15, 0.2) is 5.78 Å². The van der Waals surface area contributed by atoms with Crippen LogP contribution in [0.15, 0.2) is 55.1 Å². The van der Waals surface area contributed by atoms with Gasteiger partial charge in [-0.1, -0.05) is 72.3 Å². The van der Waals surface area contributed by atoms with Crippen LogP contribution in [0.5, 0.6) is 0 Å². The highest BCUT2D eigenvalue weighted by Crippen LogP contribution is 2.03. The standard InChI is InChI=1S/C9H10O.C9H10/c1-7-3-5-9(6-4-7)8(2)10;1-3-9-6-4-8(2)5-7-9/h3-6H,1-2H3;3-7H,1H2,2H3. The fourth-order valence-corrected chi connectivity index (χ4v) is 1.49. The van der Waals surface area contributed by atoms with Crippen LogP contribution in [0.1, 0.15) is 34.0 Å². The van der Waals surface area contributed by atoms with Crippen molar-refractivity contribution in [1.82, 2.24) is 0 Å². The normalized spacial score (nSPS) is 9.21. The lowest BCUT2D eigenvalue weighted by Gasteiger charge is -1.93. The first-order valence-electron chi connectivity index (χ1n) is 6.29. The summed E-state index contributed by atoms with van der Waals surface area (Å²) in [6.07, 6.45) is 1.85. The Morgan fingerprint density at radius 2 is 1.32 bits per heavy atom. The van der Waals surface area contributed by atoms with Gasteiger partial charge in [-0.2, -0.15) is 0 Å². The van der Waals surface area contributed by atoms with Crippen LogP contribution in [0.4, 0.5) is 0 Å². The molecule has 1 heteroatoms. The molecule has 0 radical (unpaired) electrons. The maximum absolute atomic E-state index is 10.8. The molecule has 0 spiro atoms. The highest BCUT2D eigenvalue weighted by atomic mass is 16.1. The molecule has 2 rings (SSSR count). The number of hydrogen-bond acceptors (Lipinski definition) is 1. The lowest BCUT2D eigenvalue weighted by molar-refractivity contribution is 0.101. The lowest BCUT2D eigenvalue weighted by Crippen LogP contribution is -1.90. The Kier molecular flexibility index (Phi) is 5.74. The molecule has 0 atom stereocenters. The van der Waals surface area contributed by atoms with Crippen molar-refractivity contribution in [3.05, 3.63) is 77.4 Å². The van der Waals surface area contributed by atoms with E-state index in [-0.39, 0.29) is 5.78 Å². The smallest absolute Gasteiger partial charge is 0.159 e. The molecule has 0 heterocycles. The van der Waals surface area contributed by atoms with Crippen molar-refractivity contribution in [3.63, 3.8) is 0 Å². The summed E-state index contributed by atoms with van der Waals surface area (Å²) in [6.45, 7) is 9.31. The Hall–Kier alpha value is -2.15. The minimum atomic E-state index is 0.125. The number of carbonyl (C=O) groups is 1. The van der Waals surface area contributed by atoms with Crippen molar-refractivity contribution in [3.8, 4) is 0 Å². The SMILES string of the molecule is C=Cc1ccc(C)cc1.CC(=O)c1ccc(C)cc1. The Morgan fingerprint density at radius 1 is 0.895 bits per heavy atom. The van der Waals surface area contributed by atoms with Gasteiger partial charge in [0.05, 0.1) is 0 Å². The van der Waals surface area contributed by atoms with Gasteiger partial charge >= 0.3 is 0 Å². The lowest BCUT2D eigenvalue weighted by atomic mass is 10.1. The van der Waals surface area contributed by atoms with E-state index in [1.54, 1.807) is 6.92 Å². The van der Waals surface area contributed by atoms with Crippen LogP contribution in [-0.2, 0) is 0 Å². The fraction of sp³-hybridized carbons (Fsp3) is 0.167. The van der Waals surface area contributed by atoms with E-state index in [1.807, 2.05) is 37.3 Å². The zero-order chi connectivity index (χ0) is 14.3. The summed E-state index contributed by atoms with van der Waals surface area (Å²) in [4.78, 5) is 10.8. The third kappa shape index (κ3) is 5.35. The van der Waals surface area contributed by atoms with Crippen LogP contribution in [0, 0.1) is 13.8 Å². The molecular formula is C18H20O. The zero-order valence-corrected chi connectivity index (χ0v) is 11.8. The van der Waals surface area contributed by atoms with Crippen molar-refractivity contribution in [2.24, 2.45) is 0 Å². The molecule has 0 fully saturated rings. The van der Waals surface area contributed by atoms with E-state index in [1.165, 1.54) is 16.7 Å². The Balaban J connectivity index is 0.000000191. The van der Waals surface area contributed by atoms with E-state index in [0.29, 0.717) is 0 Å². The minimum absolute atomic E-state index is 0.125. The second-order valence-electron chi connectivity index (χ2n) is 4.54. The summed E-state index contributed by atoms with van der Waals surface area (Å²) in [7, 11) is 0. The van der Waals surface area contributed by atoms with Gasteiger partial charge in [0, 0.05) is 5.56 Å². The fourth-order valence-electron chi connectivity index (χ4n) is 1.49. The molecule has 0 unspecified atom stereocenters. The van der Waals surface area contributed by atoms with Crippen LogP contribution in [-0.4, -0.2) is 5.78 Å². The number of ketones is 1. The maximum Gasteiger partial charge on any atom is 0.159 e. The molecule has 0 N–H and O–H groups in total. The molecule has 98 valence electrons. The Morgan fingerprint density at radius 3 is 1.68 bits per heavy atom. The van der Waals surface area contributed by atoms with Crippen LogP contribution in [0.3, 0.4) is 0 Å². The molecule has 0 aliphatic rings.